The molecular formula is C28H33N3O5. The summed E-state index contributed by atoms with van der Waals surface area (Å²) in [5.74, 6) is -2.50. The van der Waals surface area contributed by atoms with E-state index < -0.39 is 11.9 Å². The molecule has 8 heteroatoms. The molecule has 1 aromatic heterocycles. The first-order valence-corrected chi connectivity index (χ1v) is 11.9. The highest BCUT2D eigenvalue weighted by Crippen LogP contribution is 2.18. The molecule has 1 amide bonds. The van der Waals surface area contributed by atoms with E-state index in [1.54, 1.807) is 0 Å². The number of pyridine rings is 1. The number of amides is 1. The van der Waals surface area contributed by atoms with Crippen molar-refractivity contribution in [1.29, 1.82) is 0 Å². The molecule has 1 unspecified atom stereocenters. The molecule has 0 spiro atoms. The van der Waals surface area contributed by atoms with E-state index in [1.807, 2.05) is 54.6 Å². The molecular weight excluding hydrogens is 458 g/mol. The summed E-state index contributed by atoms with van der Waals surface area (Å²) in [5, 5.41) is 19.9. The van der Waals surface area contributed by atoms with Crippen molar-refractivity contribution in [3.8, 4) is 0 Å². The van der Waals surface area contributed by atoms with E-state index in [1.165, 1.54) is 0 Å². The summed E-state index contributed by atoms with van der Waals surface area (Å²) in [4.78, 5) is 38.9. The van der Waals surface area contributed by atoms with Crippen molar-refractivity contribution in [2.24, 2.45) is 0 Å². The molecule has 190 valence electrons. The van der Waals surface area contributed by atoms with Gasteiger partial charge >= 0.3 is 11.9 Å². The van der Waals surface area contributed by atoms with Crippen molar-refractivity contribution in [2.45, 2.75) is 32.7 Å². The van der Waals surface area contributed by atoms with Crippen LogP contribution in [0.4, 0.5) is 0 Å². The molecule has 0 aliphatic rings. The Kier molecular flexibility index (Phi) is 11.8. The second-order valence-electron chi connectivity index (χ2n) is 8.03. The summed E-state index contributed by atoms with van der Waals surface area (Å²) in [6, 6.07) is 22.2. The van der Waals surface area contributed by atoms with Crippen molar-refractivity contribution >= 4 is 28.7 Å². The van der Waals surface area contributed by atoms with Gasteiger partial charge in [0, 0.05) is 24.1 Å². The summed E-state index contributed by atoms with van der Waals surface area (Å²) in [6.45, 7) is 7.34. The molecule has 1 atom stereocenters. The van der Waals surface area contributed by atoms with Gasteiger partial charge in [-0.3, -0.25) is 9.78 Å². The van der Waals surface area contributed by atoms with Crippen LogP contribution in [0.1, 0.15) is 37.6 Å². The van der Waals surface area contributed by atoms with Gasteiger partial charge in [0.05, 0.1) is 23.7 Å². The maximum atomic E-state index is 12.8. The Hall–Kier alpha value is -4.04. The zero-order valence-corrected chi connectivity index (χ0v) is 20.6. The van der Waals surface area contributed by atoms with Gasteiger partial charge in [0.25, 0.3) is 0 Å². The van der Waals surface area contributed by atoms with E-state index in [-0.39, 0.29) is 11.9 Å². The zero-order valence-electron chi connectivity index (χ0n) is 20.6. The van der Waals surface area contributed by atoms with Gasteiger partial charge in [0.15, 0.2) is 0 Å². The third-order valence-corrected chi connectivity index (χ3v) is 5.53. The lowest BCUT2D eigenvalue weighted by Gasteiger charge is -2.24. The van der Waals surface area contributed by atoms with Crippen molar-refractivity contribution < 1.29 is 24.6 Å². The first-order valence-electron chi connectivity index (χ1n) is 11.9. The molecule has 0 fully saturated rings. The average molecular weight is 492 g/mol. The van der Waals surface area contributed by atoms with E-state index in [9.17, 15) is 14.4 Å². The van der Waals surface area contributed by atoms with Crippen molar-refractivity contribution in [2.75, 3.05) is 19.6 Å². The minimum atomic E-state index is -1.26. The van der Waals surface area contributed by atoms with Crippen LogP contribution in [0.25, 0.3) is 10.9 Å². The van der Waals surface area contributed by atoms with Crippen LogP contribution in [0.3, 0.4) is 0 Å². The maximum Gasteiger partial charge on any atom is 0.328 e. The van der Waals surface area contributed by atoms with Gasteiger partial charge in [-0.15, -0.1) is 0 Å². The fourth-order valence-electron chi connectivity index (χ4n) is 3.62. The Morgan fingerprint density at radius 2 is 1.50 bits per heavy atom. The first kappa shape index (κ1) is 28.2. The van der Waals surface area contributed by atoms with Gasteiger partial charge in [-0.05, 0) is 37.2 Å². The number of hydrogen-bond acceptors (Lipinski definition) is 5. The summed E-state index contributed by atoms with van der Waals surface area (Å²) in [5.41, 5.74) is 2.87. The fourth-order valence-corrected chi connectivity index (χ4v) is 3.62. The highest BCUT2D eigenvalue weighted by Gasteiger charge is 2.16. The highest BCUT2D eigenvalue weighted by molar-refractivity contribution is 5.89. The summed E-state index contributed by atoms with van der Waals surface area (Å²) in [7, 11) is 0. The summed E-state index contributed by atoms with van der Waals surface area (Å²) >= 11 is 0. The number of carbonyl (C=O) groups excluding carboxylic acids is 1. The standard InChI is InChI=1S/C24H29N3O.C4H4O4/c1-3-27(4-2)17-16-23(19-10-6-5-7-11-19)26-24(28)18-21-15-14-20-12-8-9-13-22(20)25-21;5-3(6)1-2-4(7)8/h5-15,23H,3-4,16-18H2,1-2H3,(H,26,28);1-2H,(H,5,6)(H,7,8)/b;2-1+. The quantitative estimate of drug-likeness (QED) is 0.346. The molecule has 3 aromatic rings. The van der Waals surface area contributed by atoms with E-state index >= 15 is 0 Å². The second-order valence-corrected chi connectivity index (χ2v) is 8.03. The average Bonchev–Trinajstić information content (AvgIpc) is 2.88. The molecule has 36 heavy (non-hydrogen) atoms. The Labute approximate surface area is 211 Å². The Balaban J connectivity index is 0.000000493. The van der Waals surface area contributed by atoms with Gasteiger partial charge in [-0.1, -0.05) is 68.4 Å². The number of carboxylic acid groups (broad SMARTS) is 2. The third kappa shape index (κ3) is 10.1. The van der Waals surface area contributed by atoms with Crippen LogP contribution < -0.4 is 5.32 Å². The Morgan fingerprint density at radius 1 is 0.889 bits per heavy atom. The van der Waals surface area contributed by atoms with Crippen LogP contribution in [0.5, 0.6) is 0 Å². The summed E-state index contributed by atoms with van der Waals surface area (Å²) in [6.07, 6.45) is 2.30. The van der Waals surface area contributed by atoms with Gasteiger partial charge in [0.2, 0.25) is 5.91 Å². The number of nitrogens with one attached hydrogen (secondary N) is 1. The molecule has 8 nitrogen and oxygen atoms in total. The van der Waals surface area contributed by atoms with Crippen LogP contribution >= 0.6 is 0 Å². The SMILES string of the molecule is CCN(CC)CCC(NC(=O)Cc1ccc2ccccc2n1)c1ccccc1.O=C(O)/C=C/C(=O)O. The van der Waals surface area contributed by atoms with Crippen LogP contribution in [-0.2, 0) is 20.8 Å². The predicted octanol–water partition coefficient (Wildman–Crippen LogP) is 4.08. The van der Waals surface area contributed by atoms with Gasteiger partial charge < -0.3 is 20.4 Å². The minimum absolute atomic E-state index is 0.00903. The van der Waals surface area contributed by atoms with E-state index in [4.69, 9.17) is 10.2 Å². The predicted molar refractivity (Wildman–Crippen MR) is 140 cm³/mol. The van der Waals surface area contributed by atoms with Crippen LogP contribution in [0, 0.1) is 0 Å². The maximum absolute atomic E-state index is 12.8. The first-order chi connectivity index (χ1) is 17.3. The molecule has 3 rings (SSSR count). The number of carbonyl (C=O) groups is 3. The summed E-state index contributed by atoms with van der Waals surface area (Å²) < 4.78 is 0. The van der Waals surface area contributed by atoms with Crippen LogP contribution in [-0.4, -0.2) is 57.6 Å². The number of para-hydroxylation sites is 1. The molecule has 0 radical (unpaired) electrons. The zero-order chi connectivity index (χ0) is 26.3. The Morgan fingerprint density at radius 3 is 2.11 bits per heavy atom. The lowest BCUT2D eigenvalue weighted by atomic mass is 10.0. The van der Waals surface area contributed by atoms with Crippen molar-refractivity contribution in [3.05, 3.63) is 90.1 Å². The van der Waals surface area contributed by atoms with Gasteiger partial charge in [0.1, 0.15) is 0 Å². The lowest BCUT2D eigenvalue weighted by molar-refractivity contribution is -0.134. The lowest BCUT2D eigenvalue weighted by Crippen LogP contribution is -2.33. The van der Waals surface area contributed by atoms with Crippen LogP contribution in [0.15, 0.2) is 78.9 Å². The monoisotopic (exact) mass is 491 g/mol. The normalized spacial score (nSPS) is 11.6. The molecule has 0 saturated carbocycles. The highest BCUT2D eigenvalue weighted by atomic mass is 16.4. The molecule has 0 aliphatic carbocycles. The van der Waals surface area contributed by atoms with Gasteiger partial charge in [-0.25, -0.2) is 9.59 Å². The van der Waals surface area contributed by atoms with Crippen LogP contribution in [0.2, 0.25) is 0 Å². The molecule has 2 aromatic carbocycles. The number of nitrogens with zero attached hydrogens (tertiary/aromatic N) is 2. The largest absolute Gasteiger partial charge is 0.478 e. The minimum Gasteiger partial charge on any atom is -0.478 e. The number of benzene rings is 2. The number of hydrogen-bond donors (Lipinski definition) is 3. The number of rotatable bonds is 11. The molecule has 1 heterocycles. The topological polar surface area (TPSA) is 120 Å². The molecule has 0 bridgehead atoms. The molecule has 3 N–H and O–H groups in total. The van der Waals surface area contributed by atoms with Gasteiger partial charge in [-0.2, -0.15) is 0 Å². The number of aromatic nitrogens is 1. The number of fused-ring (bicyclic) bond motifs is 1. The number of carboxylic acids is 2. The third-order valence-electron chi connectivity index (χ3n) is 5.53. The number of aliphatic carboxylic acids is 2. The van der Waals surface area contributed by atoms with Crippen molar-refractivity contribution in [1.82, 2.24) is 15.2 Å². The molecule has 0 aliphatic heterocycles. The Bertz CT molecular complexity index is 1140. The van der Waals surface area contributed by atoms with E-state index in [0.29, 0.717) is 18.6 Å². The van der Waals surface area contributed by atoms with E-state index in [2.05, 4.69) is 41.2 Å². The van der Waals surface area contributed by atoms with Crippen molar-refractivity contribution in [3.63, 3.8) is 0 Å². The fraction of sp³-hybridized carbons (Fsp3) is 0.286. The smallest absolute Gasteiger partial charge is 0.328 e. The molecule has 0 saturated heterocycles. The van der Waals surface area contributed by atoms with E-state index in [0.717, 1.165) is 48.2 Å². The second kappa shape index (κ2) is 15.1.